The van der Waals surface area contributed by atoms with Crippen LogP contribution < -0.4 is 20.9 Å². The molecule has 3 rings (SSSR count). The molecule has 1 heterocycles. The number of anilines is 1. The summed E-state index contributed by atoms with van der Waals surface area (Å²) in [5, 5.41) is 2.57. The van der Waals surface area contributed by atoms with Crippen LogP contribution in [0.4, 0.5) is 10.5 Å². The lowest BCUT2D eigenvalue weighted by molar-refractivity contribution is 0.0635. The van der Waals surface area contributed by atoms with Gasteiger partial charge < -0.3 is 13.9 Å². The van der Waals surface area contributed by atoms with Crippen molar-refractivity contribution in [1.82, 2.24) is 10.9 Å². The molecule has 0 aliphatic heterocycles. The van der Waals surface area contributed by atoms with Gasteiger partial charge in [0.2, 0.25) is 0 Å². The van der Waals surface area contributed by atoms with Crippen LogP contribution in [0.25, 0.3) is 0 Å². The number of nitrogens with one attached hydrogen (secondary N) is 3. The molecule has 172 valence electrons. The van der Waals surface area contributed by atoms with Crippen molar-refractivity contribution in [3.8, 4) is 5.75 Å². The Hall–Kier alpha value is -4.27. The average molecular weight is 451 g/mol. The van der Waals surface area contributed by atoms with Crippen LogP contribution >= 0.6 is 0 Å². The van der Waals surface area contributed by atoms with Crippen molar-refractivity contribution in [3.63, 3.8) is 0 Å². The molecule has 33 heavy (non-hydrogen) atoms. The molecule has 0 radical (unpaired) electrons. The Bertz CT molecular complexity index is 1100. The third-order valence-corrected chi connectivity index (χ3v) is 4.09. The first-order valence-electron chi connectivity index (χ1n) is 10.2. The van der Waals surface area contributed by atoms with E-state index in [4.69, 9.17) is 13.9 Å². The molecule has 0 aliphatic carbocycles. The minimum atomic E-state index is -0.619. The summed E-state index contributed by atoms with van der Waals surface area (Å²) in [7, 11) is 0. The van der Waals surface area contributed by atoms with Crippen LogP contribution in [0.3, 0.4) is 0 Å². The second-order valence-electron chi connectivity index (χ2n) is 7.98. The van der Waals surface area contributed by atoms with E-state index in [1.807, 2.05) is 30.3 Å². The van der Waals surface area contributed by atoms with Crippen molar-refractivity contribution in [2.45, 2.75) is 33.0 Å². The number of ether oxygens (including phenoxy) is 2. The highest BCUT2D eigenvalue weighted by Gasteiger charge is 2.17. The minimum Gasteiger partial charge on any atom is -0.486 e. The SMILES string of the molecule is CC(C)(C)OC(=O)Nc1ccc(C(=O)NNC(=O)c2ccc(COc3ccccc3)o2)cc1. The van der Waals surface area contributed by atoms with Gasteiger partial charge in [0, 0.05) is 11.3 Å². The van der Waals surface area contributed by atoms with Crippen molar-refractivity contribution in [2.24, 2.45) is 0 Å². The molecule has 9 heteroatoms. The zero-order valence-electron chi connectivity index (χ0n) is 18.5. The number of furan rings is 1. The molecule has 0 fully saturated rings. The smallest absolute Gasteiger partial charge is 0.412 e. The predicted octanol–water partition coefficient (Wildman–Crippen LogP) is 4.28. The third-order valence-electron chi connectivity index (χ3n) is 4.09. The van der Waals surface area contributed by atoms with Gasteiger partial charge in [0.25, 0.3) is 5.91 Å². The summed E-state index contributed by atoms with van der Waals surface area (Å²) in [6.07, 6.45) is -0.598. The summed E-state index contributed by atoms with van der Waals surface area (Å²) in [6, 6.07) is 18.4. The van der Waals surface area contributed by atoms with Crippen LogP contribution in [0, 0.1) is 0 Å². The monoisotopic (exact) mass is 451 g/mol. The molecule has 0 spiro atoms. The third kappa shape index (κ3) is 7.42. The maximum Gasteiger partial charge on any atom is 0.412 e. The zero-order chi connectivity index (χ0) is 23.8. The Morgan fingerprint density at radius 3 is 2.18 bits per heavy atom. The lowest BCUT2D eigenvalue weighted by atomic mass is 10.2. The highest BCUT2D eigenvalue weighted by atomic mass is 16.6. The number of amides is 3. The number of carbonyl (C=O) groups is 3. The predicted molar refractivity (Wildman–Crippen MR) is 121 cm³/mol. The standard InChI is InChI=1S/C24H25N3O6/c1-24(2,3)33-23(30)25-17-11-9-16(10-12-17)21(28)26-27-22(29)20-14-13-19(32-20)15-31-18-7-5-4-6-8-18/h4-14H,15H2,1-3H3,(H,25,30)(H,26,28)(H,27,29). The van der Waals surface area contributed by atoms with Crippen molar-refractivity contribution in [2.75, 3.05) is 5.32 Å². The van der Waals surface area contributed by atoms with Gasteiger partial charge in [-0.3, -0.25) is 25.8 Å². The lowest BCUT2D eigenvalue weighted by Gasteiger charge is -2.19. The van der Waals surface area contributed by atoms with E-state index in [-0.39, 0.29) is 17.9 Å². The molecule has 0 bridgehead atoms. The van der Waals surface area contributed by atoms with E-state index in [1.165, 1.54) is 18.2 Å². The first kappa shape index (κ1) is 23.4. The second kappa shape index (κ2) is 10.4. The molecule has 9 nitrogen and oxygen atoms in total. The average Bonchev–Trinajstić information content (AvgIpc) is 3.25. The fourth-order valence-corrected chi connectivity index (χ4v) is 2.62. The van der Waals surface area contributed by atoms with Gasteiger partial charge >= 0.3 is 12.0 Å². The molecule has 2 aromatic carbocycles. The van der Waals surface area contributed by atoms with Gasteiger partial charge in [-0.2, -0.15) is 0 Å². The maximum atomic E-state index is 12.3. The fourth-order valence-electron chi connectivity index (χ4n) is 2.62. The quantitative estimate of drug-likeness (QED) is 0.481. The van der Waals surface area contributed by atoms with Crippen molar-refractivity contribution in [3.05, 3.63) is 83.8 Å². The number of rotatable bonds is 6. The number of para-hydroxylation sites is 1. The molecule has 1 aromatic heterocycles. The van der Waals surface area contributed by atoms with Crippen LogP contribution in [0.15, 0.2) is 71.1 Å². The molecule has 0 atom stereocenters. The normalized spacial score (nSPS) is 10.8. The van der Waals surface area contributed by atoms with Gasteiger partial charge in [-0.15, -0.1) is 0 Å². The number of hydrazine groups is 1. The highest BCUT2D eigenvalue weighted by Crippen LogP contribution is 2.15. The highest BCUT2D eigenvalue weighted by molar-refractivity contribution is 5.98. The first-order chi connectivity index (χ1) is 15.7. The summed E-state index contributed by atoms with van der Waals surface area (Å²) < 4.78 is 16.2. The van der Waals surface area contributed by atoms with E-state index in [0.717, 1.165) is 0 Å². The van der Waals surface area contributed by atoms with Crippen molar-refractivity contribution < 1.29 is 28.3 Å². The van der Waals surface area contributed by atoms with E-state index in [1.54, 1.807) is 39.0 Å². The van der Waals surface area contributed by atoms with Gasteiger partial charge in [0.1, 0.15) is 23.7 Å². The largest absolute Gasteiger partial charge is 0.486 e. The van der Waals surface area contributed by atoms with Gasteiger partial charge in [-0.25, -0.2) is 4.79 Å². The molecular weight excluding hydrogens is 426 g/mol. The molecule has 0 unspecified atom stereocenters. The molecule has 0 saturated carbocycles. The summed E-state index contributed by atoms with van der Waals surface area (Å²) in [5.74, 6) is 0.0191. The van der Waals surface area contributed by atoms with E-state index in [2.05, 4.69) is 16.2 Å². The summed E-state index contributed by atoms with van der Waals surface area (Å²) in [6.45, 7) is 5.44. The van der Waals surface area contributed by atoms with Gasteiger partial charge in [-0.1, -0.05) is 18.2 Å². The van der Waals surface area contributed by atoms with E-state index >= 15 is 0 Å². The van der Waals surface area contributed by atoms with E-state index < -0.39 is 23.5 Å². The van der Waals surface area contributed by atoms with Crippen LogP contribution in [0.1, 0.15) is 47.4 Å². The summed E-state index contributed by atoms with van der Waals surface area (Å²) in [4.78, 5) is 36.3. The fraction of sp³-hybridized carbons (Fsp3) is 0.208. The van der Waals surface area contributed by atoms with Crippen LogP contribution in [-0.2, 0) is 11.3 Å². The Labute approximate surface area is 191 Å². The second-order valence-corrected chi connectivity index (χ2v) is 7.98. The Morgan fingerprint density at radius 1 is 0.848 bits per heavy atom. The van der Waals surface area contributed by atoms with Crippen LogP contribution in [0.2, 0.25) is 0 Å². The molecule has 0 saturated heterocycles. The van der Waals surface area contributed by atoms with Crippen molar-refractivity contribution in [1.29, 1.82) is 0 Å². The molecule has 3 N–H and O–H groups in total. The first-order valence-corrected chi connectivity index (χ1v) is 10.2. The topological polar surface area (TPSA) is 119 Å². The van der Waals surface area contributed by atoms with E-state index in [0.29, 0.717) is 17.2 Å². The lowest BCUT2D eigenvalue weighted by Crippen LogP contribution is -2.41. The number of benzene rings is 2. The number of carbonyl (C=O) groups excluding carboxylic acids is 3. The molecule has 0 aliphatic rings. The molecule has 3 aromatic rings. The van der Waals surface area contributed by atoms with Gasteiger partial charge in [0.05, 0.1) is 0 Å². The van der Waals surface area contributed by atoms with Crippen molar-refractivity contribution >= 4 is 23.6 Å². The van der Waals surface area contributed by atoms with Crippen LogP contribution in [-0.4, -0.2) is 23.5 Å². The minimum absolute atomic E-state index is 0.0267. The van der Waals surface area contributed by atoms with E-state index in [9.17, 15) is 14.4 Å². The Morgan fingerprint density at radius 2 is 1.52 bits per heavy atom. The molecular formula is C24H25N3O6. The zero-order valence-corrected chi connectivity index (χ0v) is 18.5. The molecule has 3 amide bonds. The Kier molecular flexibility index (Phi) is 7.34. The number of hydrogen-bond donors (Lipinski definition) is 3. The van der Waals surface area contributed by atoms with Crippen LogP contribution in [0.5, 0.6) is 5.75 Å². The Balaban J connectivity index is 1.47. The summed E-state index contributed by atoms with van der Waals surface area (Å²) in [5.41, 5.74) is 4.73. The van der Waals surface area contributed by atoms with Gasteiger partial charge in [0.15, 0.2) is 5.76 Å². The van der Waals surface area contributed by atoms with Gasteiger partial charge in [-0.05, 0) is 69.3 Å². The summed E-state index contributed by atoms with van der Waals surface area (Å²) >= 11 is 0. The number of hydrogen-bond acceptors (Lipinski definition) is 6. The maximum absolute atomic E-state index is 12.3.